The number of hydrogen-bond donors (Lipinski definition) is 0. The minimum Gasteiger partial charge on any atom is -0.850 e. The molecule has 0 N–H and O–H groups in total. The van der Waals surface area contributed by atoms with Crippen LogP contribution in [0.3, 0.4) is 0 Å². The van der Waals surface area contributed by atoms with Crippen LogP contribution in [0.2, 0.25) is 0 Å². The smallest absolute Gasteiger partial charge is 0.850 e. The Labute approximate surface area is 340 Å². The van der Waals surface area contributed by atoms with Crippen molar-refractivity contribution in [1.82, 2.24) is 0 Å². The minimum absolute atomic E-state index is 0. The van der Waals surface area contributed by atoms with E-state index in [0.29, 0.717) is 23.0 Å². The van der Waals surface area contributed by atoms with Crippen LogP contribution >= 0.6 is 0 Å². The quantitative estimate of drug-likeness (QED) is 0.219. The Morgan fingerprint density at radius 3 is 0.827 bits per heavy atom. The third-order valence-electron chi connectivity index (χ3n) is 9.15. The van der Waals surface area contributed by atoms with Crippen LogP contribution in [0.25, 0.3) is 65.3 Å². The molecule has 0 aromatic heterocycles. The Hall–Kier alpha value is -3.91. The number of fused-ring (bicyclic) bond motifs is 14. The summed E-state index contributed by atoms with van der Waals surface area (Å²) in [6, 6.07) is 50.1. The van der Waals surface area contributed by atoms with Crippen LogP contribution in [0.4, 0.5) is 0 Å². The Bertz CT molecular complexity index is 2280. The monoisotopic (exact) mass is 698 g/mol. The van der Waals surface area contributed by atoms with Crippen molar-refractivity contribution in [3.63, 3.8) is 0 Å². The maximum absolute atomic E-state index is 10.1. The molecule has 5 nitrogen and oxygen atoms in total. The fraction of sp³-hybridized carbons (Fsp3) is 0.0909. The van der Waals surface area contributed by atoms with Crippen LogP contribution in [0.5, 0.6) is 23.0 Å². The molecular formula is C44H33AlLiNaO5. The van der Waals surface area contributed by atoms with Crippen LogP contribution in [0, 0.1) is 0 Å². The van der Waals surface area contributed by atoms with Crippen molar-refractivity contribution in [2.75, 3.05) is 0 Å². The van der Waals surface area contributed by atoms with Crippen molar-refractivity contribution in [3.8, 4) is 45.3 Å². The molecule has 0 fully saturated rings. The molecule has 8 aromatic carbocycles. The number of rotatable bonds is 0. The summed E-state index contributed by atoms with van der Waals surface area (Å²) in [5, 5.41) is 18.9. The van der Waals surface area contributed by atoms with Crippen molar-refractivity contribution in [2.45, 2.75) is 26.4 Å². The molecule has 0 saturated heterocycles. The van der Waals surface area contributed by atoms with Gasteiger partial charge in [0.05, 0.1) is 23.0 Å². The van der Waals surface area contributed by atoms with Gasteiger partial charge >= 0.3 is 62.8 Å². The fourth-order valence-electron chi connectivity index (χ4n) is 7.20. The first-order chi connectivity index (χ1) is 24.2. The van der Waals surface area contributed by atoms with Crippen LogP contribution in [-0.4, -0.2) is 20.0 Å². The van der Waals surface area contributed by atoms with Gasteiger partial charge in [0.15, 0.2) is 0 Å². The minimum atomic E-state index is -4.44. The third kappa shape index (κ3) is 6.50. The summed E-state index contributed by atoms with van der Waals surface area (Å²) in [6.07, 6.45) is 0. The second-order valence-corrected chi connectivity index (χ2v) is 15.9. The molecule has 0 bridgehead atoms. The van der Waals surface area contributed by atoms with Gasteiger partial charge in [-0.1, -0.05) is 142 Å². The van der Waals surface area contributed by atoms with Crippen LogP contribution in [-0.2, 0) is 0 Å². The van der Waals surface area contributed by atoms with Gasteiger partial charge in [-0.3, -0.25) is 0 Å². The second kappa shape index (κ2) is 14.1. The van der Waals surface area contributed by atoms with Crippen LogP contribution < -0.4 is 68.7 Å². The maximum Gasteiger partial charge on any atom is 1.21 e. The van der Waals surface area contributed by atoms with E-state index in [1.54, 1.807) is 20.8 Å². The summed E-state index contributed by atoms with van der Waals surface area (Å²) in [5.74, 6) is 2.72. The van der Waals surface area contributed by atoms with Crippen LogP contribution in [0.15, 0.2) is 146 Å². The number of benzene rings is 8. The van der Waals surface area contributed by atoms with Crippen molar-refractivity contribution < 1.29 is 68.7 Å². The molecular weight excluding hydrogens is 665 g/mol. The van der Waals surface area contributed by atoms with Gasteiger partial charge < -0.3 is 20.3 Å². The normalized spacial score (nSPS) is 13.5. The molecule has 0 saturated carbocycles. The van der Waals surface area contributed by atoms with Gasteiger partial charge in [0.1, 0.15) is 0 Å². The Kier molecular flexibility index (Phi) is 9.92. The Morgan fingerprint density at radius 1 is 0.385 bits per heavy atom. The van der Waals surface area contributed by atoms with Gasteiger partial charge in [-0.25, -0.2) is 0 Å². The summed E-state index contributed by atoms with van der Waals surface area (Å²) in [4.78, 5) is 0. The van der Waals surface area contributed by atoms with E-state index in [4.69, 9.17) is 15.2 Å². The Balaban J connectivity index is 0.000000565. The average molecular weight is 699 g/mol. The molecule has 0 amide bonds. The average Bonchev–Trinajstić information content (AvgIpc) is 3.35. The maximum atomic E-state index is 10.1. The first-order valence-electron chi connectivity index (χ1n) is 16.9. The summed E-state index contributed by atoms with van der Waals surface area (Å²) in [7, 11) is 0. The topological polar surface area (TPSA) is 60.0 Å². The molecule has 2 heterocycles. The zero-order valence-corrected chi connectivity index (χ0v) is 33.1. The zero-order chi connectivity index (χ0) is 34.0. The van der Waals surface area contributed by atoms with Gasteiger partial charge in [-0.15, -0.1) is 5.60 Å². The van der Waals surface area contributed by atoms with E-state index in [2.05, 4.69) is 121 Å². The molecule has 0 radical (unpaired) electrons. The molecule has 244 valence electrons. The zero-order valence-electron chi connectivity index (χ0n) is 30.0. The van der Waals surface area contributed by atoms with E-state index < -0.39 is 20.0 Å². The molecule has 8 heteroatoms. The third-order valence-corrected chi connectivity index (χ3v) is 11.3. The van der Waals surface area contributed by atoms with Crippen molar-refractivity contribution in [2.24, 2.45) is 0 Å². The van der Waals surface area contributed by atoms with Gasteiger partial charge in [0.25, 0.3) is 0 Å². The first-order valence-corrected chi connectivity index (χ1v) is 18.8. The van der Waals surface area contributed by atoms with E-state index in [9.17, 15) is 5.11 Å². The molecule has 8 aromatic rings. The molecule has 0 atom stereocenters. The summed E-state index contributed by atoms with van der Waals surface area (Å²) < 4.78 is 28.2. The first kappa shape index (κ1) is 36.4. The molecule has 0 aliphatic carbocycles. The summed E-state index contributed by atoms with van der Waals surface area (Å²) in [5.41, 5.74) is 3.16. The molecule has 2 aliphatic rings. The van der Waals surface area contributed by atoms with Crippen LogP contribution in [0.1, 0.15) is 20.8 Å². The van der Waals surface area contributed by atoms with Crippen molar-refractivity contribution >= 4 is 57.5 Å². The van der Waals surface area contributed by atoms with Gasteiger partial charge in [0.2, 0.25) is 0 Å². The van der Waals surface area contributed by atoms with Gasteiger partial charge in [-0.2, -0.15) is 0 Å². The van der Waals surface area contributed by atoms with E-state index in [1.165, 1.54) is 0 Å². The molecule has 1 spiro atoms. The molecule has 52 heavy (non-hydrogen) atoms. The number of hydrogen-bond acceptors (Lipinski definition) is 5. The van der Waals surface area contributed by atoms with E-state index in [0.717, 1.165) is 65.3 Å². The molecule has 10 rings (SSSR count). The van der Waals surface area contributed by atoms with Gasteiger partial charge in [0, 0.05) is 22.3 Å². The molecule has 2 aliphatic heterocycles. The van der Waals surface area contributed by atoms with E-state index in [1.807, 2.05) is 24.3 Å². The Morgan fingerprint density at radius 2 is 0.596 bits per heavy atom. The fourth-order valence-corrected chi connectivity index (χ4v) is 9.52. The second-order valence-electron chi connectivity index (χ2n) is 13.8. The summed E-state index contributed by atoms with van der Waals surface area (Å²) >= 11 is -4.44. The van der Waals surface area contributed by atoms with Crippen molar-refractivity contribution in [3.05, 3.63) is 146 Å². The largest absolute Gasteiger partial charge is 1.21 e. The van der Waals surface area contributed by atoms with E-state index >= 15 is 0 Å². The van der Waals surface area contributed by atoms with E-state index in [-0.39, 0.29) is 48.4 Å². The SMILES string of the molecule is CC(C)(C)[O-].[Li+].[Na+].c1ccc2c3c(ccc2c1)[O][Al-]1([O]c2ccc4ccccc4c2-3)[O]c2ccc3ccccc3c2-c2c(ccc3ccccc23)[O]1. The predicted octanol–water partition coefficient (Wildman–Crippen LogP) is 4.46. The standard InChI is InChI=1S/2C20H14O2.C4H9O.Al.Li.Na/c2*21-17-11-9-13-5-1-3-7-15(13)19(17)20-16-8-4-2-6-14(16)10-12-18(20)22;1-4(2,3)5;;;/h2*1-12,21-22H;1-3H3;;;/q;;-1;+3;2*+1/p-4. The predicted molar refractivity (Wildman–Crippen MR) is 202 cm³/mol. The molecule has 0 unspecified atom stereocenters. The van der Waals surface area contributed by atoms with Crippen molar-refractivity contribution in [1.29, 1.82) is 0 Å². The van der Waals surface area contributed by atoms with Gasteiger partial charge in [-0.05, 0) is 67.4 Å². The summed E-state index contributed by atoms with van der Waals surface area (Å²) in [6.45, 7) is 4.90.